The molecule has 0 fully saturated rings. The molecule has 2 rings (SSSR count). The van der Waals surface area contributed by atoms with Gasteiger partial charge in [-0.05, 0) is 36.2 Å². The van der Waals surface area contributed by atoms with Gasteiger partial charge in [0.2, 0.25) is 0 Å². The monoisotopic (exact) mass is 272 g/mol. The van der Waals surface area contributed by atoms with Crippen LogP contribution in [-0.2, 0) is 10.1 Å². The van der Waals surface area contributed by atoms with E-state index in [1.807, 2.05) is 13.0 Å². The Kier molecular flexibility index (Phi) is 3.38. The largest absolute Gasteiger partial charge is 0.744 e. The van der Waals surface area contributed by atoms with Crippen LogP contribution < -0.4 is 0 Å². The van der Waals surface area contributed by atoms with Crippen molar-refractivity contribution in [2.75, 3.05) is 0 Å². The van der Waals surface area contributed by atoms with Crippen molar-refractivity contribution in [1.29, 1.82) is 5.26 Å². The highest BCUT2D eigenvalue weighted by Crippen LogP contribution is 2.28. The summed E-state index contributed by atoms with van der Waals surface area (Å²) in [4.78, 5) is -0.247. The van der Waals surface area contributed by atoms with Crippen LogP contribution >= 0.6 is 0 Å². The van der Waals surface area contributed by atoms with Gasteiger partial charge in [0.1, 0.15) is 10.1 Å². The average Bonchev–Trinajstić information content (AvgIpc) is 2.37. The molecule has 0 N–H and O–H groups in total. The SMILES string of the molecule is Cc1ccc(S(=O)(=O)[O-])c(-c2ccc(C#N)cc2)c1. The van der Waals surface area contributed by atoms with Gasteiger partial charge in [-0.2, -0.15) is 5.26 Å². The Morgan fingerprint density at radius 2 is 1.74 bits per heavy atom. The Morgan fingerprint density at radius 3 is 2.26 bits per heavy atom. The first kappa shape index (κ1) is 13.3. The van der Waals surface area contributed by atoms with E-state index in [1.165, 1.54) is 6.07 Å². The topological polar surface area (TPSA) is 81.0 Å². The summed E-state index contributed by atoms with van der Waals surface area (Å²) in [5.74, 6) is 0. The molecule has 0 saturated carbocycles. The molecule has 0 atom stereocenters. The molecule has 4 nitrogen and oxygen atoms in total. The van der Waals surface area contributed by atoms with Crippen LogP contribution in [0.25, 0.3) is 11.1 Å². The Bertz CT molecular complexity index is 756. The number of nitrogens with zero attached hydrogens (tertiary/aromatic N) is 1. The van der Waals surface area contributed by atoms with Gasteiger partial charge in [0.25, 0.3) is 0 Å². The first-order valence-electron chi connectivity index (χ1n) is 5.49. The van der Waals surface area contributed by atoms with Crippen molar-refractivity contribution in [1.82, 2.24) is 0 Å². The minimum atomic E-state index is -4.53. The van der Waals surface area contributed by atoms with Crippen molar-refractivity contribution in [3.8, 4) is 17.2 Å². The number of nitriles is 1. The van der Waals surface area contributed by atoms with Gasteiger partial charge in [-0.25, -0.2) is 8.42 Å². The number of benzene rings is 2. The second kappa shape index (κ2) is 4.84. The third-order valence-corrected chi connectivity index (χ3v) is 3.62. The lowest BCUT2D eigenvalue weighted by Crippen LogP contribution is -2.01. The molecule has 2 aromatic carbocycles. The highest BCUT2D eigenvalue weighted by Gasteiger charge is 2.11. The summed E-state index contributed by atoms with van der Waals surface area (Å²) in [5, 5.41) is 8.73. The van der Waals surface area contributed by atoms with E-state index in [2.05, 4.69) is 0 Å². The lowest BCUT2D eigenvalue weighted by Gasteiger charge is -2.14. The van der Waals surface area contributed by atoms with E-state index in [9.17, 15) is 13.0 Å². The van der Waals surface area contributed by atoms with Gasteiger partial charge in [0, 0.05) is 0 Å². The molecular weight excluding hydrogens is 262 g/mol. The quantitative estimate of drug-likeness (QED) is 0.786. The van der Waals surface area contributed by atoms with E-state index in [-0.39, 0.29) is 4.90 Å². The summed E-state index contributed by atoms with van der Waals surface area (Å²) in [5.41, 5.74) is 2.28. The van der Waals surface area contributed by atoms with Crippen LogP contribution in [0, 0.1) is 18.3 Å². The number of hydrogen-bond acceptors (Lipinski definition) is 4. The van der Waals surface area contributed by atoms with E-state index >= 15 is 0 Å². The van der Waals surface area contributed by atoms with Gasteiger partial charge >= 0.3 is 0 Å². The molecule has 0 heterocycles. The van der Waals surface area contributed by atoms with Crippen LogP contribution in [0.5, 0.6) is 0 Å². The van der Waals surface area contributed by atoms with E-state index in [0.717, 1.165) is 5.56 Å². The van der Waals surface area contributed by atoms with Gasteiger partial charge in [-0.1, -0.05) is 29.8 Å². The summed E-state index contributed by atoms with van der Waals surface area (Å²) in [6.07, 6.45) is 0. The zero-order chi connectivity index (χ0) is 14.0. The van der Waals surface area contributed by atoms with E-state index < -0.39 is 10.1 Å². The molecular formula is C14H10NO3S-. The second-order valence-electron chi connectivity index (χ2n) is 4.14. The first-order chi connectivity index (χ1) is 8.91. The normalized spacial score (nSPS) is 11.0. The lowest BCUT2D eigenvalue weighted by molar-refractivity contribution is 0.463. The molecule has 0 radical (unpaired) electrons. The molecule has 0 saturated heterocycles. The molecule has 0 aliphatic rings. The molecule has 19 heavy (non-hydrogen) atoms. The van der Waals surface area contributed by atoms with E-state index in [0.29, 0.717) is 16.7 Å². The number of rotatable bonds is 2. The van der Waals surface area contributed by atoms with Crippen LogP contribution in [0.2, 0.25) is 0 Å². The van der Waals surface area contributed by atoms with Crippen molar-refractivity contribution < 1.29 is 13.0 Å². The standard InChI is InChI=1S/C14H11NO3S/c1-10-2-7-14(19(16,17)18)13(8-10)12-5-3-11(9-15)4-6-12/h2-8H,1H3,(H,16,17,18)/p-1. The lowest BCUT2D eigenvalue weighted by atomic mass is 10.0. The molecule has 0 aliphatic heterocycles. The molecule has 0 spiro atoms. The summed E-state index contributed by atoms with van der Waals surface area (Å²) in [6.45, 7) is 1.81. The Hall–Kier alpha value is -2.16. The molecule has 0 aromatic heterocycles. The summed E-state index contributed by atoms with van der Waals surface area (Å²) in [7, 11) is -4.53. The van der Waals surface area contributed by atoms with Gasteiger partial charge < -0.3 is 4.55 Å². The van der Waals surface area contributed by atoms with E-state index in [4.69, 9.17) is 5.26 Å². The molecule has 0 amide bonds. The molecule has 96 valence electrons. The molecule has 2 aromatic rings. The van der Waals surface area contributed by atoms with Crippen LogP contribution in [0.15, 0.2) is 47.4 Å². The molecule has 5 heteroatoms. The Morgan fingerprint density at radius 1 is 1.11 bits per heavy atom. The maximum atomic E-state index is 11.3. The average molecular weight is 272 g/mol. The predicted octanol–water partition coefficient (Wildman–Crippen LogP) is 2.44. The Balaban J connectivity index is 2.67. The van der Waals surface area contributed by atoms with Crippen LogP contribution in [0.3, 0.4) is 0 Å². The maximum absolute atomic E-state index is 11.3. The minimum absolute atomic E-state index is 0.247. The van der Waals surface area contributed by atoms with Crippen LogP contribution in [0.1, 0.15) is 11.1 Å². The van der Waals surface area contributed by atoms with Crippen molar-refractivity contribution in [3.05, 3.63) is 53.6 Å². The van der Waals surface area contributed by atoms with Gasteiger partial charge in [0.15, 0.2) is 0 Å². The predicted molar refractivity (Wildman–Crippen MR) is 69.3 cm³/mol. The second-order valence-corrected chi connectivity index (χ2v) is 5.49. The number of aryl methyl sites for hydroxylation is 1. The summed E-state index contributed by atoms with van der Waals surface area (Å²) in [6, 6.07) is 12.9. The zero-order valence-corrected chi connectivity index (χ0v) is 10.9. The van der Waals surface area contributed by atoms with E-state index in [1.54, 1.807) is 36.4 Å². The molecule has 0 aliphatic carbocycles. The van der Waals surface area contributed by atoms with Crippen LogP contribution in [0.4, 0.5) is 0 Å². The van der Waals surface area contributed by atoms with Gasteiger partial charge in [-0.3, -0.25) is 0 Å². The molecule has 0 bridgehead atoms. The zero-order valence-electron chi connectivity index (χ0n) is 10.1. The maximum Gasteiger partial charge on any atom is 0.125 e. The third-order valence-electron chi connectivity index (χ3n) is 2.73. The third kappa shape index (κ3) is 2.81. The van der Waals surface area contributed by atoms with Crippen molar-refractivity contribution >= 4 is 10.1 Å². The van der Waals surface area contributed by atoms with Crippen LogP contribution in [-0.4, -0.2) is 13.0 Å². The minimum Gasteiger partial charge on any atom is -0.744 e. The fourth-order valence-corrected chi connectivity index (χ4v) is 2.49. The van der Waals surface area contributed by atoms with Gasteiger partial charge in [-0.15, -0.1) is 0 Å². The van der Waals surface area contributed by atoms with Crippen molar-refractivity contribution in [3.63, 3.8) is 0 Å². The highest BCUT2D eigenvalue weighted by molar-refractivity contribution is 7.85. The van der Waals surface area contributed by atoms with Crippen molar-refractivity contribution in [2.24, 2.45) is 0 Å². The fourth-order valence-electron chi connectivity index (χ4n) is 1.81. The highest BCUT2D eigenvalue weighted by atomic mass is 32.2. The fraction of sp³-hybridized carbons (Fsp3) is 0.0714. The first-order valence-corrected chi connectivity index (χ1v) is 6.90. The van der Waals surface area contributed by atoms with Crippen molar-refractivity contribution in [2.45, 2.75) is 11.8 Å². The van der Waals surface area contributed by atoms with Gasteiger partial charge in [0.05, 0.1) is 16.5 Å². The summed E-state index contributed by atoms with van der Waals surface area (Å²) >= 11 is 0. The number of hydrogen-bond donors (Lipinski definition) is 0. The smallest absolute Gasteiger partial charge is 0.125 e. The molecule has 0 unspecified atom stereocenters. The Labute approximate surface area is 111 Å². The summed E-state index contributed by atoms with van der Waals surface area (Å²) < 4.78 is 33.8.